The lowest BCUT2D eigenvalue weighted by atomic mass is 10.0. The third-order valence-electron chi connectivity index (χ3n) is 2.98. The van der Waals surface area contributed by atoms with Crippen LogP contribution in [0, 0.1) is 0 Å². The van der Waals surface area contributed by atoms with Gasteiger partial charge in [-0.05, 0) is 40.8 Å². The van der Waals surface area contributed by atoms with E-state index in [1.165, 1.54) is 12.3 Å². The molecule has 0 spiro atoms. The summed E-state index contributed by atoms with van der Waals surface area (Å²) < 4.78 is 5.10. The molecule has 0 bridgehead atoms. The molecule has 19 heavy (non-hydrogen) atoms. The van der Waals surface area contributed by atoms with E-state index in [0.717, 1.165) is 16.6 Å². The number of esters is 1. The molecule has 1 N–H and O–H groups in total. The molecule has 0 aliphatic carbocycles. The monoisotopic (exact) mass is 251 g/mol. The van der Waals surface area contributed by atoms with Crippen molar-refractivity contribution in [3.05, 3.63) is 54.7 Å². The lowest BCUT2D eigenvalue weighted by Crippen LogP contribution is -2.01. The quantitative estimate of drug-likeness (QED) is 0.556. The molecule has 1 heterocycles. The molecule has 0 saturated heterocycles. The first-order valence-corrected chi connectivity index (χ1v) is 6.08. The molecule has 1 aromatic heterocycles. The molecule has 3 heteroatoms. The van der Waals surface area contributed by atoms with Gasteiger partial charge in [-0.25, -0.2) is 0 Å². The fraction of sp³-hybridized carbons (Fsp3) is 0.0625. The van der Waals surface area contributed by atoms with Crippen LogP contribution in [-0.4, -0.2) is 11.0 Å². The summed E-state index contributed by atoms with van der Waals surface area (Å²) in [6, 6.07) is 15.8. The maximum Gasteiger partial charge on any atom is 0.308 e. The highest BCUT2D eigenvalue weighted by molar-refractivity contribution is 5.85. The number of rotatable bonds is 2. The normalized spacial score (nSPS) is 10.6. The first-order valence-electron chi connectivity index (χ1n) is 6.08. The molecule has 0 radical (unpaired) electrons. The Kier molecular flexibility index (Phi) is 2.80. The van der Waals surface area contributed by atoms with E-state index in [-0.39, 0.29) is 5.97 Å². The number of ether oxygens (including phenoxy) is 1. The van der Waals surface area contributed by atoms with Crippen LogP contribution in [0.3, 0.4) is 0 Å². The highest BCUT2D eigenvalue weighted by Gasteiger charge is 2.03. The minimum absolute atomic E-state index is 0.308. The van der Waals surface area contributed by atoms with Crippen molar-refractivity contribution in [1.29, 1.82) is 0 Å². The van der Waals surface area contributed by atoms with Crippen molar-refractivity contribution in [1.82, 2.24) is 4.98 Å². The number of H-pyrrole nitrogens is 1. The van der Waals surface area contributed by atoms with Gasteiger partial charge in [0.05, 0.1) is 0 Å². The van der Waals surface area contributed by atoms with Gasteiger partial charge in [-0.3, -0.25) is 4.79 Å². The van der Waals surface area contributed by atoms with E-state index in [0.29, 0.717) is 5.75 Å². The van der Waals surface area contributed by atoms with Crippen molar-refractivity contribution >= 4 is 16.9 Å². The molecule has 94 valence electrons. The zero-order chi connectivity index (χ0) is 13.2. The second-order valence-corrected chi connectivity index (χ2v) is 4.40. The number of fused-ring (bicyclic) bond motifs is 1. The summed E-state index contributed by atoms with van der Waals surface area (Å²) in [4.78, 5) is 14.2. The molecule has 3 nitrogen and oxygen atoms in total. The molecule has 0 aliphatic rings. The van der Waals surface area contributed by atoms with Crippen LogP contribution in [-0.2, 0) is 4.79 Å². The number of hydrogen-bond acceptors (Lipinski definition) is 2. The molecular formula is C16H13NO2. The minimum Gasteiger partial charge on any atom is -0.427 e. The second-order valence-electron chi connectivity index (χ2n) is 4.40. The number of nitrogens with one attached hydrogen (secondary N) is 1. The molecule has 0 aliphatic heterocycles. The van der Waals surface area contributed by atoms with Crippen LogP contribution >= 0.6 is 0 Å². The summed E-state index contributed by atoms with van der Waals surface area (Å²) in [5, 5.41) is 1.18. The number of aromatic nitrogens is 1. The highest BCUT2D eigenvalue weighted by Crippen LogP contribution is 2.26. The minimum atomic E-state index is -0.308. The van der Waals surface area contributed by atoms with Gasteiger partial charge in [0.15, 0.2) is 0 Å². The van der Waals surface area contributed by atoms with Crippen molar-refractivity contribution in [2.75, 3.05) is 0 Å². The van der Waals surface area contributed by atoms with Crippen LogP contribution in [0.4, 0.5) is 0 Å². The Morgan fingerprint density at radius 1 is 1.05 bits per heavy atom. The second kappa shape index (κ2) is 4.61. The summed E-state index contributed by atoms with van der Waals surface area (Å²) >= 11 is 0. The zero-order valence-corrected chi connectivity index (χ0v) is 10.5. The van der Waals surface area contributed by atoms with E-state index < -0.39 is 0 Å². The number of aromatic amines is 1. The predicted molar refractivity (Wildman–Crippen MR) is 75.0 cm³/mol. The maximum absolute atomic E-state index is 11.0. The number of carbonyl (C=O) groups is 1. The third-order valence-corrected chi connectivity index (χ3v) is 2.98. The summed E-state index contributed by atoms with van der Waals surface area (Å²) in [5.74, 6) is 0.258. The maximum atomic E-state index is 11.0. The molecule has 0 atom stereocenters. The van der Waals surface area contributed by atoms with Gasteiger partial charge in [0.1, 0.15) is 5.75 Å². The van der Waals surface area contributed by atoms with E-state index in [9.17, 15) is 4.79 Å². The summed E-state index contributed by atoms with van der Waals surface area (Å²) in [7, 11) is 0. The van der Waals surface area contributed by atoms with Crippen LogP contribution in [0.15, 0.2) is 54.7 Å². The standard InChI is InChI=1S/C16H13NO2/c1-11(18)19-15-4-2-3-13(9-15)14-6-5-12-7-8-17-16(12)10-14/h2-10,17H,1H3. The largest absolute Gasteiger partial charge is 0.427 e. The van der Waals surface area contributed by atoms with Crippen LogP contribution in [0.1, 0.15) is 6.92 Å². The third kappa shape index (κ3) is 2.36. The SMILES string of the molecule is CC(=O)Oc1cccc(-c2ccc3cc[nH]c3c2)c1. The zero-order valence-electron chi connectivity index (χ0n) is 10.5. The van der Waals surface area contributed by atoms with Crippen LogP contribution in [0.25, 0.3) is 22.0 Å². The average molecular weight is 251 g/mol. The van der Waals surface area contributed by atoms with Crippen molar-refractivity contribution in [3.63, 3.8) is 0 Å². The Hall–Kier alpha value is -2.55. The molecular weight excluding hydrogens is 238 g/mol. The molecule has 3 aromatic rings. The Morgan fingerprint density at radius 3 is 2.74 bits per heavy atom. The number of benzene rings is 2. The lowest BCUT2D eigenvalue weighted by Gasteiger charge is -2.05. The first kappa shape index (κ1) is 11.5. The average Bonchev–Trinajstić information content (AvgIpc) is 2.85. The fourth-order valence-corrected chi connectivity index (χ4v) is 2.13. The summed E-state index contributed by atoms with van der Waals surface area (Å²) in [6.07, 6.45) is 1.92. The van der Waals surface area contributed by atoms with Crippen LogP contribution in [0.2, 0.25) is 0 Å². The van der Waals surface area contributed by atoms with Gasteiger partial charge >= 0.3 is 5.97 Å². The van der Waals surface area contributed by atoms with Crippen LogP contribution < -0.4 is 4.74 Å². The van der Waals surface area contributed by atoms with Crippen molar-refractivity contribution in [2.24, 2.45) is 0 Å². The van der Waals surface area contributed by atoms with Crippen molar-refractivity contribution < 1.29 is 9.53 Å². The van der Waals surface area contributed by atoms with Gasteiger partial charge in [-0.2, -0.15) is 0 Å². The van der Waals surface area contributed by atoms with E-state index in [4.69, 9.17) is 4.74 Å². The number of carbonyl (C=O) groups excluding carboxylic acids is 1. The summed E-state index contributed by atoms with van der Waals surface area (Å²) in [5.41, 5.74) is 3.20. The van der Waals surface area contributed by atoms with E-state index in [1.807, 2.05) is 30.5 Å². The molecule has 0 unspecified atom stereocenters. The molecule has 3 rings (SSSR count). The Bertz CT molecular complexity index is 743. The van der Waals surface area contributed by atoms with E-state index >= 15 is 0 Å². The molecule has 0 saturated carbocycles. The molecule has 0 fully saturated rings. The first-order chi connectivity index (χ1) is 9.22. The highest BCUT2D eigenvalue weighted by atomic mass is 16.5. The molecule has 0 amide bonds. The Balaban J connectivity index is 2.02. The smallest absolute Gasteiger partial charge is 0.308 e. The van der Waals surface area contributed by atoms with Crippen LogP contribution in [0.5, 0.6) is 5.75 Å². The van der Waals surface area contributed by atoms with Crippen molar-refractivity contribution in [3.8, 4) is 16.9 Å². The van der Waals surface area contributed by atoms with E-state index in [2.05, 4.69) is 23.2 Å². The lowest BCUT2D eigenvalue weighted by molar-refractivity contribution is -0.131. The van der Waals surface area contributed by atoms with Gasteiger partial charge in [0, 0.05) is 18.6 Å². The number of hydrogen-bond donors (Lipinski definition) is 1. The Labute approximate surface area is 110 Å². The van der Waals surface area contributed by atoms with Gasteiger partial charge < -0.3 is 9.72 Å². The van der Waals surface area contributed by atoms with Gasteiger partial charge in [-0.15, -0.1) is 0 Å². The van der Waals surface area contributed by atoms with E-state index in [1.54, 1.807) is 6.07 Å². The molecule has 2 aromatic carbocycles. The van der Waals surface area contributed by atoms with Gasteiger partial charge in [0.25, 0.3) is 0 Å². The van der Waals surface area contributed by atoms with Gasteiger partial charge in [-0.1, -0.05) is 24.3 Å². The fourth-order valence-electron chi connectivity index (χ4n) is 2.13. The van der Waals surface area contributed by atoms with Gasteiger partial charge in [0.2, 0.25) is 0 Å². The van der Waals surface area contributed by atoms with Crippen molar-refractivity contribution in [2.45, 2.75) is 6.92 Å². The summed E-state index contributed by atoms with van der Waals surface area (Å²) in [6.45, 7) is 1.40. The topological polar surface area (TPSA) is 42.1 Å². The predicted octanol–water partition coefficient (Wildman–Crippen LogP) is 3.76. The Morgan fingerprint density at radius 2 is 1.89 bits per heavy atom.